The third-order valence-electron chi connectivity index (χ3n) is 8.39. The number of nitro benzene ring substituents is 1. The molecule has 1 aliphatic heterocycles. The van der Waals surface area contributed by atoms with E-state index in [4.69, 9.17) is 0 Å². The van der Waals surface area contributed by atoms with Crippen LogP contribution in [-0.2, 0) is 4.79 Å². The van der Waals surface area contributed by atoms with Gasteiger partial charge >= 0.3 is 0 Å². The maximum Gasteiger partial charge on any atom is 0.270 e. The van der Waals surface area contributed by atoms with Gasteiger partial charge in [-0.3, -0.25) is 19.7 Å². The van der Waals surface area contributed by atoms with Crippen LogP contribution in [0.2, 0.25) is 0 Å². The second kappa shape index (κ2) is 9.90. The van der Waals surface area contributed by atoms with Crippen LogP contribution < -0.4 is 5.32 Å². The predicted octanol–water partition coefficient (Wildman–Crippen LogP) is 7.14. The van der Waals surface area contributed by atoms with Gasteiger partial charge in [0.05, 0.1) is 10.8 Å². The van der Waals surface area contributed by atoms with Gasteiger partial charge < -0.3 is 10.3 Å². The minimum Gasteiger partial charge on any atom is -0.381 e. The Hall–Kier alpha value is -4.52. The highest BCUT2D eigenvalue weighted by Crippen LogP contribution is 2.52. The standard InChI is InChI=1S/C33H31N3O4/c1-33(2)18-27-30(28(37)19-33)31(26-16-15-24(34-26)21-11-8-12-22(17-21)36(39)40)29(23-13-6-7-14-25(23)35-27)32(38)20-9-4-3-5-10-20/h3-17,27,29-31,34-35H,18-19H2,1-2H3. The summed E-state index contributed by atoms with van der Waals surface area (Å²) >= 11 is 0. The molecule has 4 aromatic rings. The molecule has 4 atom stereocenters. The molecule has 1 aromatic heterocycles. The summed E-state index contributed by atoms with van der Waals surface area (Å²) in [6, 6.07) is 27.3. The Morgan fingerprint density at radius 1 is 0.925 bits per heavy atom. The first-order chi connectivity index (χ1) is 19.2. The van der Waals surface area contributed by atoms with Gasteiger partial charge in [-0.05, 0) is 35.6 Å². The van der Waals surface area contributed by atoms with Crippen molar-refractivity contribution in [1.29, 1.82) is 0 Å². The van der Waals surface area contributed by atoms with E-state index in [-0.39, 0.29) is 28.7 Å². The van der Waals surface area contributed by atoms with Crippen molar-refractivity contribution in [3.63, 3.8) is 0 Å². The molecule has 2 aliphatic rings. The molecule has 0 radical (unpaired) electrons. The third kappa shape index (κ3) is 4.62. The number of benzene rings is 3. The smallest absolute Gasteiger partial charge is 0.270 e. The van der Waals surface area contributed by atoms with Crippen LogP contribution in [0.1, 0.15) is 60.1 Å². The average molecular weight is 534 g/mol. The SMILES string of the molecule is CC1(C)CC(=O)C2C(C1)Nc1ccccc1C(C(=O)c1ccccc1)C2c1ccc(-c2cccc([N+](=O)[O-])c2)[nH]1. The van der Waals surface area contributed by atoms with Gasteiger partial charge in [-0.25, -0.2) is 0 Å². The van der Waals surface area contributed by atoms with E-state index >= 15 is 0 Å². The van der Waals surface area contributed by atoms with Crippen molar-refractivity contribution in [3.05, 3.63) is 118 Å². The lowest BCUT2D eigenvalue weighted by Crippen LogP contribution is -2.47. The number of carbonyl (C=O) groups is 2. The molecule has 1 saturated carbocycles. The van der Waals surface area contributed by atoms with Crippen LogP contribution in [0.5, 0.6) is 0 Å². The van der Waals surface area contributed by atoms with E-state index in [9.17, 15) is 19.7 Å². The molecule has 40 heavy (non-hydrogen) atoms. The number of anilines is 1. The molecule has 1 aliphatic carbocycles. The zero-order valence-corrected chi connectivity index (χ0v) is 22.5. The zero-order chi connectivity index (χ0) is 28.0. The molecule has 2 heterocycles. The molecule has 3 aromatic carbocycles. The Morgan fingerprint density at radius 2 is 1.68 bits per heavy atom. The number of nitrogens with zero attached hydrogens (tertiary/aromatic N) is 1. The lowest BCUT2D eigenvalue weighted by molar-refractivity contribution is -0.384. The highest BCUT2D eigenvalue weighted by molar-refractivity contribution is 6.03. The fraction of sp³-hybridized carbons (Fsp3) is 0.273. The molecular formula is C33H31N3O4. The summed E-state index contributed by atoms with van der Waals surface area (Å²) in [7, 11) is 0. The monoisotopic (exact) mass is 533 g/mol. The Kier molecular flexibility index (Phi) is 6.37. The minimum absolute atomic E-state index is 0.00290. The highest BCUT2D eigenvalue weighted by Gasteiger charge is 2.51. The minimum atomic E-state index is -0.608. The molecule has 0 saturated heterocycles. The first-order valence-corrected chi connectivity index (χ1v) is 13.6. The van der Waals surface area contributed by atoms with Gasteiger partial charge in [0, 0.05) is 64.6 Å². The first kappa shape index (κ1) is 25.7. The summed E-state index contributed by atoms with van der Waals surface area (Å²) in [5.41, 5.74) is 4.33. The lowest BCUT2D eigenvalue weighted by atomic mass is 9.62. The van der Waals surface area contributed by atoms with E-state index < -0.39 is 22.7 Å². The van der Waals surface area contributed by atoms with Crippen molar-refractivity contribution in [2.75, 3.05) is 5.32 Å². The highest BCUT2D eigenvalue weighted by atomic mass is 16.6. The summed E-state index contributed by atoms with van der Waals surface area (Å²) in [5.74, 6) is -1.39. The fourth-order valence-corrected chi connectivity index (χ4v) is 6.72. The number of H-pyrrole nitrogens is 1. The number of Topliss-reactive ketones (excluding diaryl/α,β-unsaturated/α-hetero) is 2. The van der Waals surface area contributed by atoms with Gasteiger partial charge in [-0.1, -0.05) is 74.5 Å². The molecular weight excluding hydrogens is 502 g/mol. The van der Waals surface area contributed by atoms with E-state index in [1.54, 1.807) is 6.07 Å². The van der Waals surface area contributed by atoms with Crippen molar-refractivity contribution in [1.82, 2.24) is 4.98 Å². The first-order valence-electron chi connectivity index (χ1n) is 13.6. The summed E-state index contributed by atoms with van der Waals surface area (Å²) in [5, 5.41) is 15.1. The number of aromatic amines is 1. The maximum atomic E-state index is 14.4. The molecule has 7 heteroatoms. The van der Waals surface area contributed by atoms with E-state index in [1.165, 1.54) is 12.1 Å². The Bertz CT molecular complexity index is 1610. The van der Waals surface area contributed by atoms with Gasteiger partial charge in [-0.2, -0.15) is 0 Å². The van der Waals surface area contributed by atoms with Gasteiger partial charge in [0.15, 0.2) is 5.78 Å². The Morgan fingerprint density at radius 3 is 2.45 bits per heavy atom. The van der Waals surface area contributed by atoms with Crippen molar-refractivity contribution >= 4 is 22.9 Å². The van der Waals surface area contributed by atoms with E-state index in [0.29, 0.717) is 23.2 Å². The number of hydrogen-bond acceptors (Lipinski definition) is 5. The van der Waals surface area contributed by atoms with E-state index in [1.807, 2.05) is 72.8 Å². The molecule has 0 spiro atoms. The lowest BCUT2D eigenvalue weighted by Gasteiger charge is -2.43. The average Bonchev–Trinajstić information content (AvgIpc) is 3.37. The molecule has 202 valence electrons. The molecule has 6 rings (SSSR count). The number of ketones is 2. The van der Waals surface area contributed by atoms with Crippen LogP contribution in [0.4, 0.5) is 11.4 Å². The van der Waals surface area contributed by atoms with Crippen molar-refractivity contribution < 1.29 is 14.5 Å². The second-order valence-corrected chi connectivity index (χ2v) is 11.7. The number of hydrogen-bond donors (Lipinski definition) is 2. The van der Waals surface area contributed by atoms with Crippen LogP contribution in [-0.4, -0.2) is 27.5 Å². The quantitative estimate of drug-likeness (QED) is 0.161. The summed E-state index contributed by atoms with van der Waals surface area (Å²) < 4.78 is 0. The van der Waals surface area contributed by atoms with Gasteiger partial charge in [-0.15, -0.1) is 0 Å². The van der Waals surface area contributed by atoms with E-state index in [2.05, 4.69) is 24.1 Å². The number of fused-ring (bicyclic) bond motifs is 2. The fourth-order valence-electron chi connectivity index (χ4n) is 6.72. The molecule has 2 N–H and O–H groups in total. The van der Waals surface area contributed by atoms with Gasteiger partial charge in [0.25, 0.3) is 5.69 Å². The summed E-state index contributed by atoms with van der Waals surface area (Å²) in [6.45, 7) is 4.24. The molecule has 0 bridgehead atoms. The van der Waals surface area contributed by atoms with Crippen LogP contribution in [0, 0.1) is 21.4 Å². The van der Waals surface area contributed by atoms with E-state index in [0.717, 1.165) is 23.4 Å². The van der Waals surface area contributed by atoms with Gasteiger partial charge in [0.1, 0.15) is 5.78 Å². The summed E-state index contributed by atoms with van der Waals surface area (Å²) in [6.07, 6.45) is 1.23. The van der Waals surface area contributed by atoms with Crippen LogP contribution >= 0.6 is 0 Å². The van der Waals surface area contributed by atoms with Crippen molar-refractivity contribution in [3.8, 4) is 11.3 Å². The Balaban J connectivity index is 1.54. The molecule has 4 unspecified atom stereocenters. The third-order valence-corrected chi connectivity index (χ3v) is 8.39. The number of nitrogens with one attached hydrogen (secondary N) is 2. The maximum absolute atomic E-state index is 14.4. The number of para-hydroxylation sites is 1. The number of non-ortho nitro benzene ring substituents is 1. The normalized spacial score (nSPS) is 23.3. The summed E-state index contributed by atoms with van der Waals surface area (Å²) in [4.78, 5) is 42.8. The van der Waals surface area contributed by atoms with Crippen LogP contribution in [0.25, 0.3) is 11.3 Å². The number of nitro groups is 1. The van der Waals surface area contributed by atoms with Crippen molar-refractivity contribution in [2.24, 2.45) is 11.3 Å². The van der Waals surface area contributed by atoms with Crippen molar-refractivity contribution in [2.45, 2.75) is 44.6 Å². The second-order valence-electron chi connectivity index (χ2n) is 11.7. The zero-order valence-electron chi connectivity index (χ0n) is 22.5. The van der Waals surface area contributed by atoms with Gasteiger partial charge in [0.2, 0.25) is 0 Å². The van der Waals surface area contributed by atoms with Crippen LogP contribution in [0.15, 0.2) is 91.0 Å². The molecule has 7 nitrogen and oxygen atoms in total. The topological polar surface area (TPSA) is 105 Å². The molecule has 0 amide bonds. The predicted molar refractivity (Wildman–Crippen MR) is 155 cm³/mol. The largest absolute Gasteiger partial charge is 0.381 e. The Labute approximate surface area is 232 Å². The molecule has 1 fully saturated rings. The number of aromatic nitrogens is 1. The van der Waals surface area contributed by atoms with Crippen LogP contribution in [0.3, 0.4) is 0 Å². The number of carbonyl (C=O) groups excluding carboxylic acids is 2. The number of rotatable bonds is 5.